The summed E-state index contributed by atoms with van der Waals surface area (Å²) >= 11 is 3.36. The van der Waals surface area contributed by atoms with Gasteiger partial charge in [0.2, 0.25) is 0 Å². The standard InChI is InChI=1S/C13H16BrFO/c1-10(5-4-8-14)9-11-6-3-7-12(16-2)13(11)15/h3,5-7H,4,8-9H2,1-2H3/b10-5+. The molecule has 0 saturated heterocycles. The molecule has 1 rings (SSSR count). The third-order valence-corrected chi connectivity index (χ3v) is 2.79. The third-order valence-electron chi connectivity index (χ3n) is 2.33. The number of benzene rings is 1. The zero-order valence-corrected chi connectivity index (χ0v) is 11.2. The van der Waals surface area contributed by atoms with Gasteiger partial charge in [-0.3, -0.25) is 0 Å². The normalized spacial score (nSPS) is 11.6. The zero-order chi connectivity index (χ0) is 12.0. The van der Waals surface area contributed by atoms with E-state index in [0.717, 1.165) is 11.8 Å². The number of halogens is 2. The molecule has 88 valence electrons. The molecule has 0 spiro atoms. The van der Waals surface area contributed by atoms with Crippen molar-refractivity contribution >= 4 is 15.9 Å². The van der Waals surface area contributed by atoms with Crippen molar-refractivity contribution < 1.29 is 9.13 Å². The number of ether oxygens (including phenoxy) is 1. The molecule has 0 atom stereocenters. The number of rotatable bonds is 5. The van der Waals surface area contributed by atoms with Crippen LogP contribution in [0.15, 0.2) is 29.8 Å². The van der Waals surface area contributed by atoms with E-state index in [0.29, 0.717) is 17.7 Å². The summed E-state index contributed by atoms with van der Waals surface area (Å²) < 4.78 is 18.7. The van der Waals surface area contributed by atoms with Gasteiger partial charge in [-0.2, -0.15) is 0 Å². The number of methoxy groups -OCH3 is 1. The van der Waals surface area contributed by atoms with E-state index in [9.17, 15) is 4.39 Å². The highest BCUT2D eigenvalue weighted by Crippen LogP contribution is 2.22. The smallest absolute Gasteiger partial charge is 0.168 e. The van der Waals surface area contributed by atoms with Gasteiger partial charge in [0.05, 0.1) is 7.11 Å². The lowest BCUT2D eigenvalue weighted by molar-refractivity contribution is 0.384. The Balaban J connectivity index is 2.81. The van der Waals surface area contributed by atoms with E-state index in [2.05, 4.69) is 22.0 Å². The first-order valence-corrected chi connectivity index (χ1v) is 6.34. The van der Waals surface area contributed by atoms with Crippen LogP contribution in [0.5, 0.6) is 5.75 Å². The Morgan fingerprint density at radius 1 is 1.50 bits per heavy atom. The van der Waals surface area contributed by atoms with Crippen molar-refractivity contribution in [2.45, 2.75) is 19.8 Å². The van der Waals surface area contributed by atoms with Crippen LogP contribution in [0.4, 0.5) is 4.39 Å². The van der Waals surface area contributed by atoms with Crippen molar-refractivity contribution in [2.75, 3.05) is 12.4 Å². The van der Waals surface area contributed by atoms with E-state index in [1.54, 1.807) is 12.1 Å². The van der Waals surface area contributed by atoms with Gasteiger partial charge in [-0.05, 0) is 31.4 Å². The molecule has 0 aromatic heterocycles. The fourth-order valence-corrected chi connectivity index (χ4v) is 1.75. The molecule has 0 saturated carbocycles. The monoisotopic (exact) mass is 286 g/mol. The van der Waals surface area contributed by atoms with E-state index < -0.39 is 0 Å². The zero-order valence-electron chi connectivity index (χ0n) is 9.59. The van der Waals surface area contributed by atoms with Gasteiger partial charge in [0, 0.05) is 5.33 Å². The minimum absolute atomic E-state index is 0.253. The Bertz CT molecular complexity index is 374. The SMILES string of the molecule is COc1cccc(C/C(C)=C/CCBr)c1F. The van der Waals surface area contributed by atoms with Crippen LogP contribution in [0.3, 0.4) is 0 Å². The summed E-state index contributed by atoms with van der Waals surface area (Å²) in [5.74, 6) is 0.0578. The molecule has 0 fully saturated rings. The molecule has 0 bridgehead atoms. The van der Waals surface area contributed by atoms with E-state index in [4.69, 9.17) is 4.74 Å². The number of allylic oxidation sites excluding steroid dienone is 2. The molecule has 0 aliphatic rings. The third kappa shape index (κ3) is 3.63. The molecule has 0 radical (unpaired) electrons. The van der Waals surface area contributed by atoms with Gasteiger partial charge in [-0.1, -0.05) is 39.7 Å². The quantitative estimate of drug-likeness (QED) is 0.585. The lowest BCUT2D eigenvalue weighted by Gasteiger charge is -2.07. The average Bonchev–Trinajstić information content (AvgIpc) is 2.29. The number of hydrogen-bond donors (Lipinski definition) is 0. The van der Waals surface area contributed by atoms with Crippen LogP contribution in [0, 0.1) is 5.82 Å². The van der Waals surface area contributed by atoms with Crippen LogP contribution >= 0.6 is 15.9 Å². The van der Waals surface area contributed by atoms with Gasteiger partial charge >= 0.3 is 0 Å². The molecular formula is C13H16BrFO. The predicted molar refractivity (Wildman–Crippen MR) is 68.8 cm³/mol. The average molecular weight is 287 g/mol. The lowest BCUT2D eigenvalue weighted by Crippen LogP contribution is -1.96. The van der Waals surface area contributed by atoms with Crippen LogP contribution in [-0.2, 0) is 6.42 Å². The molecule has 0 unspecified atom stereocenters. The van der Waals surface area contributed by atoms with E-state index in [1.807, 2.05) is 13.0 Å². The molecule has 1 nitrogen and oxygen atoms in total. The number of hydrogen-bond acceptors (Lipinski definition) is 1. The molecule has 0 aliphatic heterocycles. The second-order valence-electron chi connectivity index (χ2n) is 3.64. The summed E-state index contributed by atoms with van der Waals surface area (Å²) in [5, 5.41) is 0.935. The number of alkyl halides is 1. The van der Waals surface area contributed by atoms with Gasteiger partial charge in [-0.25, -0.2) is 4.39 Å². The van der Waals surface area contributed by atoms with Crippen molar-refractivity contribution in [3.05, 3.63) is 41.2 Å². The Kier molecular flexibility index (Phi) is 5.53. The van der Waals surface area contributed by atoms with Crippen molar-refractivity contribution in [1.82, 2.24) is 0 Å². The highest BCUT2D eigenvalue weighted by molar-refractivity contribution is 9.09. The van der Waals surface area contributed by atoms with Gasteiger partial charge in [0.1, 0.15) is 0 Å². The summed E-state index contributed by atoms with van der Waals surface area (Å²) in [6.45, 7) is 2.02. The summed E-state index contributed by atoms with van der Waals surface area (Å²) in [4.78, 5) is 0. The van der Waals surface area contributed by atoms with Crippen LogP contribution < -0.4 is 4.74 Å². The summed E-state index contributed by atoms with van der Waals surface area (Å²) in [7, 11) is 1.48. The van der Waals surface area contributed by atoms with Gasteiger partial charge < -0.3 is 4.74 Å². The molecule has 16 heavy (non-hydrogen) atoms. The maximum Gasteiger partial charge on any atom is 0.168 e. The second-order valence-corrected chi connectivity index (χ2v) is 4.43. The largest absolute Gasteiger partial charge is 0.494 e. The van der Waals surface area contributed by atoms with E-state index in [-0.39, 0.29) is 5.82 Å². The maximum atomic E-state index is 13.8. The molecule has 1 aromatic carbocycles. The molecule has 3 heteroatoms. The maximum absolute atomic E-state index is 13.8. The highest BCUT2D eigenvalue weighted by atomic mass is 79.9. The first-order chi connectivity index (χ1) is 7.69. The first-order valence-electron chi connectivity index (χ1n) is 5.22. The van der Waals surface area contributed by atoms with Gasteiger partial charge in [0.15, 0.2) is 11.6 Å². The first kappa shape index (κ1) is 13.2. The molecule has 0 amide bonds. The summed E-state index contributed by atoms with van der Waals surface area (Å²) in [6, 6.07) is 5.24. The van der Waals surface area contributed by atoms with Crippen molar-refractivity contribution in [2.24, 2.45) is 0 Å². The highest BCUT2D eigenvalue weighted by Gasteiger charge is 2.08. The van der Waals surface area contributed by atoms with Crippen molar-refractivity contribution in [3.8, 4) is 5.75 Å². The van der Waals surface area contributed by atoms with Crippen LogP contribution in [0.2, 0.25) is 0 Å². The Morgan fingerprint density at radius 3 is 2.88 bits per heavy atom. The molecule has 1 aromatic rings. The van der Waals surface area contributed by atoms with Crippen molar-refractivity contribution in [3.63, 3.8) is 0 Å². The van der Waals surface area contributed by atoms with Crippen LogP contribution in [0.1, 0.15) is 18.9 Å². The predicted octanol–water partition coefficient (Wildman–Crippen LogP) is 4.11. The van der Waals surface area contributed by atoms with E-state index >= 15 is 0 Å². The Hall–Kier alpha value is -0.830. The topological polar surface area (TPSA) is 9.23 Å². The Morgan fingerprint density at radius 2 is 2.25 bits per heavy atom. The van der Waals surface area contributed by atoms with Gasteiger partial charge in [0.25, 0.3) is 0 Å². The van der Waals surface area contributed by atoms with Gasteiger partial charge in [-0.15, -0.1) is 0 Å². The summed E-state index contributed by atoms with van der Waals surface area (Å²) in [6.07, 6.45) is 3.72. The minimum atomic E-state index is -0.253. The van der Waals surface area contributed by atoms with Crippen molar-refractivity contribution in [1.29, 1.82) is 0 Å². The molecule has 0 aliphatic carbocycles. The lowest BCUT2D eigenvalue weighted by atomic mass is 10.0. The Labute approximate surface area is 104 Å². The molecule has 0 heterocycles. The minimum Gasteiger partial charge on any atom is -0.494 e. The second kappa shape index (κ2) is 6.69. The van der Waals surface area contributed by atoms with E-state index in [1.165, 1.54) is 12.7 Å². The molecular weight excluding hydrogens is 271 g/mol. The van der Waals surface area contributed by atoms with Crippen LogP contribution in [0.25, 0.3) is 0 Å². The fourth-order valence-electron chi connectivity index (χ4n) is 1.52. The summed E-state index contributed by atoms with van der Waals surface area (Å²) in [5.41, 5.74) is 1.86. The van der Waals surface area contributed by atoms with Crippen LogP contribution in [-0.4, -0.2) is 12.4 Å². The fraction of sp³-hybridized carbons (Fsp3) is 0.385. The molecule has 0 N–H and O–H groups in total.